The van der Waals surface area contributed by atoms with Crippen LogP contribution in [0.15, 0.2) is 59.1 Å². The van der Waals surface area contributed by atoms with Crippen molar-refractivity contribution in [2.75, 3.05) is 15.5 Å². The summed E-state index contributed by atoms with van der Waals surface area (Å²) >= 11 is 17.6. The molecule has 33 heavy (non-hydrogen) atoms. The van der Waals surface area contributed by atoms with E-state index in [2.05, 4.69) is 10.6 Å². The van der Waals surface area contributed by atoms with Gasteiger partial charge in [-0.05, 0) is 53.8 Å². The second kappa shape index (κ2) is 9.01. The molecule has 2 aromatic carbocycles. The first-order chi connectivity index (χ1) is 15.6. The number of benzene rings is 2. The van der Waals surface area contributed by atoms with E-state index >= 15 is 0 Å². The van der Waals surface area contributed by atoms with E-state index < -0.39 is 23.8 Å². The Kier molecular flexibility index (Phi) is 6.45. The minimum Gasteiger partial charge on any atom is -0.326 e. The van der Waals surface area contributed by atoms with Gasteiger partial charge in [-0.15, -0.1) is 0 Å². The number of rotatable bonds is 5. The van der Waals surface area contributed by atoms with Crippen LogP contribution in [-0.4, -0.2) is 23.8 Å². The first kappa shape index (κ1) is 23.6. The van der Waals surface area contributed by atoms with E-state index in [9.17, 15) is 14.4 Å². The van der Waals surface area contributed by atoms with Crippen molar-refractivity contribution in [3.05, 3.63) is 64.1 Å². The fourth-order valence-corrected chi connectivity index (χ4v) is 4.81. The van der Waals surface area contributed by atoms with Crippen LogP contribution in [0.2, 0.25) is 5.02 Å². The minimum absolute atomic E-state index is 0.0963. The van der Waals surface area contributed by atoms with Gasteiger partial charge in [0, 0.05) is 10.7 Å². The van der Waals surface area contributed by atoms with Crippen LogP contribution in [0.5, 0.6) is 0 Å². The number of nitrogens with one attached hydrogen (secondary N) is 2. The van der Waals surface area contributed by atoms with Gasteiger partial charge in [0.05, 0.1) is 23.7 Å². The Morgan fingerprint density at radius 1 is 1.12 bits per heavy atom. The Morgan fingerprint density at radius 3 is 2.45 bits per heavy atom. The fourth-order valence-electron chi connectivity index (χ4n) is 4.41. The van der Waals surface area contributed by atoms with E-state index in [1.165, 1.54) is 4.90 Å². The molecular formula is C24H22Cl3N3O3. The summed E-state index contributed by atoms with van der Waals surface area (Å²) in [6.45, 7) is 3.90. The summed E-state index contributed by atoms with van der Waals surface area (Å²) in [5.74, 6) is -1.66. The first-order valence-corrected chi connectivity index (χ1v) is 11.5. The van der Waals surface area contributed by atoms with E-state index in [0.717, 1.165) is 0 Å². The molecule has 0 saturated heterocycles. The number of anilines is 3. The molecule has 0 unspecified atom stereocenters. The smallest absolute Gasteiger partial charge is 0.248 e. The second-order valence-electron chi connectivity index (χ2n) is 8.77. The van der Waals surface area contributed by atoms with Crippen molar-refractivity contribution < 1.29 is 14.4 Å². The zero-order valence-electron chi connectivity index (χ0n) is 17.9. The maximum Gasteiger partial charge on any atom is 0.248 e. The summed E-state index contributed by atoms with van der Waals surface area (Å²) in [4.78, 5) is 41.0. The van der Waals surface area contributed by atoms with Gasteiger partial charge in [0.25, 0.3) is 0 Å². The van der Waals surface area contributed by atoms with Crippen molar-refractivity contribution in [2.24, 2.45) is 17.3 Å². The molecule has 9 heteroatoms. The van der Waals surface area contributed by atoms with Crippen LogP contribution in [0.25, 0.3) is 0 Å². The van der Waals surface area contributed by atoms with Gasteiger partial charge in [0.2, 0.25) is 17.7 Å². The molecule has 3 amide bonds. The number of halogens is 3. The van der Waals surface area contributed by atoms with E-state index in [1.54, 1.807) is 54.6 Å². The van der Waals surface area contributed by atoms with Crippen molar-refractivity contribution in [3.63, 3.8) is 0 Å². The summed E-state index contributed by atoms with van der Waals surface area (Å²) in [5.41, 5.74) is 1.23. The number of hydrogen-bond acceptors (Lipinski definition) is 3. The number of carbonyl (C=O) groups is 3. The average Bonchev–Trinajstić information content (AvgIpc) is 3.28. The lowest BCUT2D eigenvalue weighted by molar-refractivity contribution is -0.127. The Hall–Kier alpha value is -2.54. The van der Waals surface area contributed by atoms with E-state index in [4.69, 9.17) is 34.8 Å². The van der Waals surface area contributed by atoms with E-state index in [0.29, 0.717) is 22.1 Å². The van der Waals surface area contributed by atoms with Crippen molar-refractivity contribution in [1.82, 2.24) is 0 Å². The van der Waals surface area contributed by atoms with Gasteiger partial charge >= 0.3 is 0 Å². The number of para-hydroxylation sites is 2. The zero-order valence-corrected chi connectivity index (χ0v) is 20.2. The molecule has 0 radical (unpaired) electrons. The molecule has 4 rings (SSSR count). The average molecular weight is 507 g/mol. The van der Waals surface area contributed by atoms with Gasteiger partial charge in [-0.25, -0.2) is 0 Å². The minimum atomic E-state index is -1.01. The maximum atomic E-state index is 13.7. The largest absolute Gasteiger partial charge is 0.326 e. The molecule has 6 nitrogen and oxygen atoms in total. The number of amides is 3. The molecule has 2 aliphatic rings. The summed E-state index contributed by atoms with van der Waals surface area (Å²) < 4.78 is 0.0963. The summed E-state index contributed by atoms with van der Waals surface area (Å²) in [7, 11) is 0. The van der Waals surface area contributed by atoms with Gasteiger partial charge in [-0.3, -0.25) is 19.3 Å². The molecule has 0 spiro atoms. The molecule has 172 valence electrons. The molecule has 3 atom stereocenters. The quantitative estimate of drug-likeness (QED) is 0.553. The monoisotopic (exact) mass is 505 g/mol. The highest BCUT2D eigenvalue weighted by atomic mass is 35.5. The zero-order chi connectivity index (χ0) is 23.9. The number of nitrogens with zero attached hydrogens (tertiary/aromatic N) is 1. The molecule has 0 aromatic heterocycles. The molecule has 1 saturated carbocycles. The molecule has 0 bridgehead atoms. The van der Waals surface area contributed by atoms with Crippen LogP contribution in [0.3, 0.4) is 0 Å². The van der Waals surface area contributed by atoms with Gasteiger partial charge in [-0.1, -0.05) is 60.8 Å². The van der Waals surface area contributed by atoms with Crippen molar-refractivity contribution >= 4 is 69.6 Å². The molecule has 2 aromatic rings. The Bertz CT molecular complexity index is 1140. The third kappa shape index (κ3) is 4.74. The van der Waals surface area contributed by atoms with Crippen LogP contribution in [-0.2, 0) is 14.4 Å². The van der Waals surface area contributed by atoms with Gasteiger partial charge in [0.15, 0.2) is 0 Å². The third-order valence-corrected chi connectivity index (χ3v) is 6.77. The number of carbonyl (C=O) groups excluding carboxylic acids is 3. The van der Waals surface area contributed by atoms with E-state index in [1.807, 2.05) is 13.8 Å². The highest BCUT2D eigenvalue weighted by Crippen LogP contribution is 2.61. The lowest BCUT2D eigenvalue weighted by atomic mass is 10.0. The second-order valence-corrected chi connectivity index (χ2v) is 10.2. The molecule has 1 fully saturated rings. The van der Waals surface area contributed by atoms with Crippen LogP contribution >= 0.6 is 34.8 Å². The van der Waals surface area contributed by atoms with Gasteiger partial charge in [0.1, 0.15) is 10.5 Å². The highest BCUT2D eigenvalue weighted by Gasteiger charge is 2.62. The van der Waals surface area contributed by atoms with E-state index in [-0.39, 0.29) is 28.2 Å². The number of fused-ring (bicyclic) bond motifs is 1. The normalized spacial score (nSPS) is 22.6. The topological polar surface area (TPSA) is 78.5 Å². The SMILES string of the molecule is CC1(C)[C@H](C=C(Cl)Cl)[C@@H]1C(=O)N1c2ccccc2NC(=O)[C@H]1CC(=O)Nc1ccc(Cl)cc1. The Morgan fingerprint density at radius 2 is 1.79 bits per heavy atom. The van der Waals surface area contributed by atoms with Crippen molar-refractivity contribution in [2.45, 2.75) is 26.3 Å². The number of hydrogen-bond donors (Lipinski definition) is 2. The Balaban J connectivity index is 1.63. The number of allylic oxidation sites excluding steroid dienone is 1. The molecular weight excluding hydrogens is 485 g/mol. The molecule has 1 aliphatic carbocycles. The third-order valence-electron chi connectivity index (χ3n) is 6.26. The standard InChI is InChI=1S/C24H22Cl3N3O3/c1-24(2)15(11-19(26)27)21(24)23(33)30-17-6-4-3-5-16(17)29-22(32)18(30)12-20(31)28-14-9-7-13(25)8-10-14/h3-11,15,18,21H,12H2,1-2H3,(H,28,31)(H,29,32)/t15-,18-,21-/m1/s1. The predicted octanol–water partition coefficient (Wildman–Crippen LogP) is 5.61. The van der Waals surface area contributed by atoms with Crippen LogP contribution in [0.1, 0.15) is 20.3 Å². The molecule has 1 aliphatic heterocycles. The first-order valence-electron chi connectivity index (χ1n) is 10.4. The predicted molar refractivity (Wildman–Crippen MR) is 132 cm³/mol. The highest BCUT2D eigenvalue weighted by molar-refractivity contribution is 6.55. The van der Waals surface area contributed by atoms with Crippen LogP contribution in [0.4, 0.5) is 17.1 Å². The maximum absolute atomic E-state index is 13.7. The Labute approximate surface area is 206 Å². The summed E-state index contributed by atoms with van der Waals surface area (Å²) in [5, 5.41) is 6.11. The fraction of sp³-hybridized carbons (Fsp3) is 0.292. The molecule has 2 N–H and O–H groups in total. The van der Waals surface area contributed by atoms with Crippen LogP contribution in [0, 0.1) is 17.3 Å². The van der Waals surface area contributed by atoms with Crippen molar-refractivity contribution in [3.8, 4) is 0 Å². The van der Waals surface area contributed by atoms with Crippen molar-refractivity contribution in [1.29, 1.82) is 0 Å². The van der Waals surface area contributed by atoms with Crippen LogP contribution < -0.4 is 15.5 Å². The van der Waals surface area contributed by atoms with Gasteiger partial charge < -0.3 is 10.6 Å². The molecule has 1 heterocycles. The summed E-state index contributed by atoms with van der Waals surface area (Å²) in [6, 6.07) is 12.7. The lowest BCUT2D eigenvalue weighted by Crippen LogP contribution is -2.53. The summed E-state index contributed by atoms with van der Waals surface area (Å²) in [6.07, 6.45) is 1.45. The lowest BCUT2D eigenvalue weighted by Gasteiger charge is -2.36. The van der Waals surface area contributed by atoms with Gasteiger partial charge in [-0.2, -0.15) is 0 Å².